The van der Waals surface area contributed by atoms with E-state index in [1.807, 2.05) is 0 Å². The van der Waals surface area contributed by atoms with Crippen LogP contribution in [0.2, 0.25) is 0 Å². The standard InChI is InChI=1S/C20H18F2N4O3/c21-13-1-4-18(16(22)10-13)29-15-2-3-17-12(9-15)11-23-19(25-17)24-14-5-7-26(8-6-14)20(27)28/h1-4,9-11,14H,5-8H2,(H,27,28)(H,23,24,25). The molecule has 1 aliphatic heterocycles. The van der Waals surface area contributed by atoms with Crippen LogP contribution in [0.5, 0.6) is 11.5 Å². The Kier molecular flexibility index (Phi) is 5.11. The third kappa shape index (κ3) is 4.34. The first-order valence-corrected chi connectivity index (χ1v) is 9.12. The van der Waals surface area contributed by atoms with Gasteiger partial charge in [0.05, 0.1) is 5.52 Å². The highest BCUT2D eigenvalue weighted by Gasteiger charge is 2.22. The summed E-state index contributed by atoms with van der Waals surface area (Å²) in [6.07, 6.45) is 2.10. The number of nitrogens with one attached hydrogen (secondary N) is 1. The first-order valence-electron chi connectivity index (χ1n) is 9.12. The number of fused-ring (bicyclic) bond motifs is 1. The minimum Gasteiger partial charge on any atom is -0.465 e. The van der Waals surface area contributed by atoms with Crippen LogP contribution in [0.3, 0.4) is 0 Å². The van der Waals surface area contributed by atoms with Crippen molar-refractivity contribution in [2.24, 2.45) is 0 Å². The number of aromatic nitrogens is 2. The summed E-state index contributed by atoms with van der Waals surface area (Å²) < 4.78 is 32.3. The highest BCUT2D eigenvalue weighted by molar-refractivity contribution is 5.80. The second-order valence-corrected chi connectivity index (χ2v) is 6.78. The SMILES string of the molecule is O=C(O)N1CCC(Nc2ncc3cc(Oc4ccc(F)cc4F)ccc3n2)CC1. The number of ether oxygens (including phenoxy) is 1. The molecular formula is C20H18F2N4O3. The Labute approximate surface area is 165 Å². The van der Waals surface area contributed by atoms with Gasteiger partial charge in [-0.15, -0.1) is 0 Å². The zero-order valence-electron chi connectivity index (χ0n) is 15.3. The van der Waals surface area contributed by atoms with E-state index in [2.05, 4.69) is 15.3 Å². The fraction of sp³-hybridized carbons (Fsp3) is 0.250. The molecule has 1 fully saturated rings. The molecular weight excluding hydrogens is 382 g/mol. The summed E-state index contributed by atoms with van der Waals surface area (Å²) in [6.45, 7) is 0.947. The van der Waals surface area contributed by atoms with Gasteiger partial charge in [0.25, 0.3) is 0 Å². The lowest BCUT2D eigenvalue weighted by atomic mass is 10.1. The molecule has 29 heavy (non-hydrogen) atoms. The van der Waals surface area contributed by atoms with Gasteiger partial charge in [-0.05, 0) is 43.2 Å². The van der Waals surface area contributed by atoms with Crippen LogP contribution in [0.15, 0.2) is 42.6 Å². The van der Waals surface area contributed by atoms with E-state index < -0.39 is 17.7 Å². The number of anilines is 1. The molecule has 0 radical (unpaired) electrons. The van der Waals surface area contributed by atoms with E-state index in [1.54, 1.807) is 24.4 Å². The number of likely N-dealkylation sites (tertiary alicyclic amines) is 1. The number of rotatable bonds is 4. The second kappa shape index (κ2) is 7.86. The smallest absolute Gasteiger partial charge is 0.407 e. The lowest BCUT2D eigenvalue weighted by molar-refractivity contribution is 0.133. The molecule has 7 nitrogen and oxygen atoms in total. The molecule has 1 aromatic heterocycles. The first-order chi connectivity index (χ1) is 14.0. The van der Waals surface area contributed by atoms with Gasteiger partial charge in [-0.25, -0.2) is 23.5 Å². The predicted octanol–water partition coefficient (Wildman–Crippen LogP) is 4.25. The number of benzene rings is 2. The largest absolute Gasteiger partial charge is 0.465 e. The predicted molar refractivity (Wildman–Crippen MR) is 102 cm³/mol. The van der Waals surface area contributed by atoms with Crippen LogP contribution in [0, 0.1) is 11.6 Å². The number of hydrogen-bond donors (Lipinski definition) is 2. The Morgan fingerprint density at radius 3 is 2.69 bits per heavy atom. The Balaban J connectivity index is 1.45. The van der Waals surface area contributed by atoms with Crippen molar-refractivity contribution in [3.63, 3.8) is 0 Å². The molecule has 0 bridgehead atoms. The molecule has 0 saturated carbocycles. The van der Waals surface area contributed by atoms with E-state index >= 15 is 0 Å². The van der Waals surface area contributed by atoms with Gasteiger partial charge in [0.2, 0.25) is 5.95 Å². The zero-order chi connectivity index (χ0) is 20.4. The van der Waals surface area contributed by atoms with Gasteiger partial charge in [0, 0.05) is 36.8 Å². The van der Waals surface area contributed by atoms with Gasteiger partial charge in [-0.1, -0.05) is 0 Å². The molecule has 0 atom stereocenters. The summed E-state index contributed by atoms with van der Waals surface area (Å²) in [4.78, 5) is 21.1. The van der Waals surface area contributed by atoms with Crippen molar-refractivity contribution in [3.05, 3.63) is 54.2 Å². The monoisotopic (exact) mass is 400 g/mol. The maximum absolute atomic E-state index is 13.8. The van der Waals surface area contributed by atoms with Crippen molar-refractivity contribution >= 4 is 22.9 Å². The Morgan fingerprint density at radius 2 is 1.97 bits per heavy atom. The topological polar surface area (TPSA) is 87.6 Å². The quantitative estimate of drug-likeness (QED) is 0.681. The lowest BCUT2D eigenvalue weighted by Crippen LogP contribution is -2.41. The number of amides is 1. The van der Waals surface area contributed by atoms with Gasteiger partial charge < -0.3 is 20.1 Å². The summed E-state index contributed by atoms with van der Waals surface area (Å²) in [6, 6.07) is 8.27. The van der Waals surface area contributed by atoms with Crippen molar-refractivity contribution in [3.8, 4) is 11.5 Å². The Morgan fingerprint density at radius 1 is 1.17 bits per heavy atom. The number of carboxylic acid groups (broad SMARTS) is 1. The molecule has 0 unspecified atom stereocenters. The summed E-state index contributed by atoms with van der Waals surface area (Å²) in [5.41, 5.74) is 0.678. The molecule has 4 rings (SSSR count). The van der Waals surface area contributed by atoms with E-state index in [9.17, 15) is 13.6 Å². The second-order valence-electron chi connectivity index (χ2n) is 6.78. The minimum atomic E-state index is -0.899. The average Bonchev–Trinajstić information content (AvgIpc) is 2.70. The molecule has 1 aliphatic rings. The Hall–Kier alpha value is -3.49. The number of piperidine rings is 1. The van der Waals surface area contributed by atoms with E-state index in [1.165, 1.54) is 11.0 Å². The first kappa shape index (κ1) is 18.9. The zero-order valence-corrected chi connectivity index (χ0v) is 15.3. The summed E-state index contributed by atoms with van der Waals surface area (Å²) >= 11 is 0. The third-order valence-electron chi connectivity index (χ3n) is 4.77. The normalized spacial score (nSPS) is 14.8. The summed E-state index contributed by atoms with van der Waals surface area (Å²) in [5, 5.41) is 13.0. The summed E-state index contributed by atoms with van der Waals surface area (Å²) in [7, 11) is 0. The lowest BCUT2D eigenvalue weighted by Gasteiger charge is -2.30. The fourth-order valence-corrected chi connectivity index (χ4v) is 3.23. The number of hydrogen-bond acceptors (Lipinski definition) is 5. The molecule has 0 aliphatic carbocycles. The van der Waals surface area contributed by atoms with Crippen LogP contribution < -0.4 is 10.1 Å². The Bertz CT molecular complexity index is 1060. The molecule has 1 saturated heterocycles. The third-order valence-corrected chi connectivity index (χ3v) is 4.77. The van der Waals surface area contributed by atoms with E-state index in [4.69, 9.17) is 9.84 Å². The van der Waals surface area contributed by atoms with E-state index in [-0.39, 0.29) is 11.8 Å². The van der Waals surface area contributed by atoms with Crippen molar-refractivity contribution < 1.29 is 23.4 Å². The molecule has 3 aromatic rings. The van der Waals surface area contributed by atoms with Crippen molar-refractivity contribution in [2.45, 2.75) is 18.9 Å². The van der Waals surface area contributed by atoms with Crippen LogP contribution >= 0.6 is 0 Å². The highest BCUT2D eigenvalue weighted by atomic mass is 19.1. The number of carbonyl (C=O) groups is 1. The van der Waals surface area contributed by atoms with E-state index in [0.717, 1.165) is 12.1 Å². The van der Waals surface area contributed by atoms with Crippen LogP contribution in [0.1, 0.15) is 12.8 Å². The van der Waals surface area contributed by atoms with Gasteiger partial charge in [0.1, 0.15) is 11.6 Å². The van der Waals surface area contributed by atoms with Crippen LogP contribution in [0.25, 0.3) is 10.9 Å². The van der Waals surface area contributed by atoms with Crippen LogP contribution in [0.4, 0.5) is 19.5 Å². The molecule has 2 aromatic carbocycles. The van der Waals surface area contributed by atoms with Crippen molar-refractivity contribution in [1.29, 1.82) is 0 Å². The molecule has 150 valence electrons. The number of halogens is 2. The van der Waals surface area contributed by atoms with Crippen LogP contribution in [-0.2, 0) is 0 Å². The minimum absolute atomic E-state index is 0.0716. The van der Waals surface area contributed by atoms with E-state index in [0.29, 0.717) is 48.5 Å². The summed E-state index contributed by atoms with van der Waals surface area (Å²) in [5.74, 6) is -0.680. The highest BCUT2D eigenvalue weighted by Crippen LogP contribution is 2.27. The average molecular weight is 400 g/mol. The molecule has 1 amide bonds. The molecule has 0 spiro atoms. The van der Waals surface area contributed by atoms with Crippen molar-refractivity contribution in [2.75, 3.05) is 18.4 Å². The van der Waals surface area contributed by atoms with Gasteiger partial charge in [0.15, 0.2) is 11.6 Å². The number of nitrogens with zero attached hydrogens (tertiary/aromatic N) is 3. The van der Waals surface area contributed by atoms with Gasteiger partial charge in [-0.2, -0.15) is 0 Å². The van der Waals surface area contributed by atoms with Gasteiger partial charge >= 0.3 is 6.09 Å². The van der Waals surface area contributed by atoms with Crippen molar-refractivity contribution in [1.82, 2.24) is 14.9 Å². The van der Waals surface area contributed by atoms with Crippen LogP contribution in [-0.4, -0.2) is 45.2 Å². The fourth-order valence-electron chi connectivity index (χ4n) is 3.23. The maximum atomic E-state index is 13.8. The molecule has 9 heteroatoms. The molecule has 2 heterocycles. The molecule has 2 N–H and O–H groups in total. The van der Waals surface area contributed by atoms with Gasteiger partial charge in [-0.3, -0.25) is 0 Å². The maximum Gasteiger partial charge on any atom is 0.407 e.